The Morgan fingerprint density at radius 1 is 0.419 bits per heavy atom. The summed E-state index contributed by atoms with van der Waals surface area (Å²) in [5, 5.41) is 0. The second-order valence-corrected chi connectivity index (χ2v) is 20.2. The molecule has 0 aromatic heterocycles. The average Bonchev–Trinajstić information content (AvgIpc) is 3.74. The van der Waals surface area contributed by atoms with Crippen molar-refractivity contribution in [2.75, 3.05) is 4.90 Å². The molecule has 62 heavy (non-hydrogen) atoms. The van der Waals surface area contributed by atoms with E-state index in [4.69, 9.17) is 0 Å². The smallest absolute Gasteiger partial charge is 0.0464 e. The second-order valence-electron chi connectivity index (χ2n) is 20.2. The Hall–Kier alpha value is -6.18. The number of benzene rings is 7. The van der Waals surface area contributed by atoms with E-state index in [1.165, 1.54) is 93.4 Å². The van der Waals surface area contributed by atoms with E-state index in [2.05, 4.69) is 207 Å². The Morgan fingerprint density at radius 3 is 1.69 bits per heavy atom. The summed E-state index contributed by atoms with van der Waals surface area (Å²) in [5.74, 6) is 4.39. The molecule has 0 aliphatic heterocycles. The van der Waals surface area contributed by atoms with Crippen molar-refractivity contribution in [3.63, 3.8) is 0 Å². The van der Waals surface area contributed by atoms with Gasteiger partial charge in [0.15, 0.2) is 0 Å². The molecule has 4 saturated carbocycles. The van der Waals surface area contributed by atoms with Gasteiger partial charge in [0.25, 0.3) is 0 Å². The minimum absolute atomic E-state index is 0.0355. The van der Waals surface area contributed by atoms with Gasteiger partial charge in [-0.3, -0.25) is 0 Å². The van der Waals surface area contributed by atoms with Crippen LogP contribution in [0.25, 0.3) is 44.5 Å². The van der Waals surface area contributed by atoms with Crippen LogP contribution in [-0.2, 0) is 10.8 Å². The van der Waals surface area contributed by atoms with Crippen molar-refractivity contribution in [1.29, 1.82) is 0 Å². The van der Waals surface area contributed by atoms with Gasteiger partial charge in [0.1, 0.15) is 0 Å². The van der Waals surface area contributed by atoms with E-state index in [1.54, 1.807) is 11.1 Å². The van der Waals surface area contributed by atoms with Crippen LogP contribution in [0.3, 0.4) is 0 Å². The molecule has 0 radical (unpaired) electrons. The Balaban J connectivity index is 0.854. The minimum Gasteiger partial charge on any atom is -0.310 e. The number of fused-ring (bicyclic) bond motifs is 6. The molecule has 0 N–H and O–H groups in total. The zero-order valence-electron chi connectivity index (χ0n) is 35.8. The van der Waals surface area contributed by atoms with E-state index in [-0.39, 0.29) is 10.8 Å². The van der Waals surface area contributed by atoms with Crippen LogP contribution in [0.15, 0.2) is 188 Å². The van der Waals surface area contributed by atoms with Gasteiger partial charge in [0, 0.05) is 28.4 Å². The number of anilines is 3. The summed E-state index contributed by atoms with van der Waals surface area (Å²) in [4.78, 5) is 2.44. The summed E-state index contributed by atoms with van der Waals surface area (Å²) in [6.07, 6.45) is 16.4. The van der Waals surface area contributed by atoms with Crippen molar-refractivity contribution < 1.29 is 0 Å². The van der Waals surface area contributed by atoms with E-state index in [9.17, 15) is 0 Å². The molecule has 7 aromatic rings. The topological polar surface area (TPSA) is 3.24 Å². The molecule has 1 nitrogen and oxygen atoms in total. The predicted molar refractivity (Wildman–Crippen MR) is 258 cm³/mol. The average molecular weight is 800 g/mol. The van der Waals surface area contributed by atoms with Gasteiger partial charge in [-0.15, -0.1) is 0 Å². The maximum Gasteiger partial charge on any atom is 0.0464 e. The lowest BCUT2D eigenvalue weighted by Crippen LogP contribution is -2.55. The van der Waals surface area contributed by atoms with Gasteiger partial charge in [0.2, 0.25) is 0 Å². The van der Waals surface area contributed by atoms with Crippen LogP contribution in [0.2, 0.25) is 0 Å². The van der Waals surface area contributed by atoms with Crippen molar-refractivity contribution >= 4 is 17.1 Å². The van der Waals surface area contributed by atoms with Crippen LogP contribution in [0.4, 0.5) is 17.1 Å². The zero-order valence-corrected chi connectivity index (χ0v) is 35.8. The first-order valence-electron chi connectivity index (χ1n) is 23.3. The summed E-state index contributed by atoms with van der Waals surface area (Å²) in [5.41, 5.74) is 20.4. The first-order chi connectivity index (χ1) is 30.4. The third-order valence-electron chi connectivity index (χ3n) is 16.8. The fourth-order valence-electron chi connectivity index (χ4n) is 14.2. The van der Waals surface area contributed by atoms with E-state index >= 15 is 0 Å². The Morgan fingerprint density at radius 2 is 0.968 bits per heavy atom. The van der Waals surface area contributed by atoms with Crippen LogP contribution in [0.5, 0.6) is 0 Å². The molecule has 1 unspecified atom stereocenters. The van der Waals surface area contributed by atoms with Crippen molar-refractivity contribution in [2.24, 2.45) is 29.6 Å². The zero-order chi connectivity index (χ0) is 41.2. The minimum atomic E-state index is 0.0355. The molecule has 14 rings (SSSR count). The number of hydrogen-bond acceptors (Lipinski definition) is 1. The number of nitrogens with zero attached hydrogens (tertiary/aromatic N) is 1. The van der Waals surface area contributed by atoms with Crippen molar-refractivity contribution in [3.05, 3.63) is 210 Å². The van der Waals surface area contributed by atoms with Gasteiger partial charge in [-0.1, -0.05) is 153 Å². The molecule has 4 fully saturated rings. The largest absolute Gasteiger partial charge is 0.310 e. The van der Waals surface area contributed by atoms with E-state index in [0.717, 1.165) is 35.0 Å². The molecule has 7 aliphatic carbocycles. The lowest BCUT2D eigenvalue weighted by atomic mass is 9.43. The summed E-state index contributed by atoms with van der Waals surface area (Å²) in [6, 6.07) is 62.5. The van der Waals surface area contributed by atoms with Gasteiger partial charge >= 0.3 is 0 Å². The Labute approximate surface area is 367 Å². The summed E-state index contributed by atoms with van der Waals surface area (Å²) < 4.78 is 0. The molecule has 7 aliphatic rings. The normalized spacial score (nSPS) is 26.3. The SMILES string of the molecule is CC1(C)c2cc(N(c3ccc(-c4ccccc4)cc3)c3ccc(-c4cccc(-c5ccc6c(c5)-c5ccccc5C65C6CC7CC(C6)CC5C7)c4)cc3)ccc2C2C=CC=C[C@@H]21. The maximum absolute atomic E-state index is 2.55. The van der Waals surface area contributed by atoms with Crippen LogP contribution >= 0.6 is 0 Å². The van der Waals surface area contributed by atoms with Crippen LogP contribution in [-0.4, -0.2) is 0 Å². The number of rotatable bonds is 6. The molecule has 0 saturated heterocycles. The highest BCUT2D eigenvalue weighted by atomic mass is 15.1. The van der Waals surface area contributed by atoms with Gasteiger partial charge in [-0.25, -0.2) is 0 Å². The molecule has 1 heteroatoms. The quantitative estimate of drug-likeness (QED) is 0.162. The molecule has 7 aromatic carbocycles. The predicted octanol–water partition coefficient (Wildman–Crippen LogP) is 16.0. The highest BCUT2D eigenvalue weighted by Crippen LogP contribution is 2.69. The third-order valence-corrected chi connectivity index (χ3v) is 16.8. The van der Waals surface area contributed by atoms with Gasteiger partial charge in [0.05, 0.1) is 0 Å². The van der Waals surface area contributed by atoms with E-state index < -0.39 is 0 Å². The maximum atomic E-state index is 2.55. The second kappa shape index (κ2) is 13.7. The summed E-state index contributed by atoms with van der Waals surface area (Å²) in [7, 11) is 0. The van der Waals surface area contributed by atoms with Gasteiger partial charge < -0.3 is 4.90 Å². The standard InChI is InChI=1S/C61H53N/c1-60(2)56-17-8-6-15-52(56)54-29-28-51(38-59(54)60)62(49-24-19-42(20-25-49)41-11-4-3-5-12-41)50-26-21-43(22-27-50)44-13-10-14-45(36-44)46-23-30-58-55(37-46)53-16-7-9-18-57(53)61(58)47-32-39-31-40(34-47)35-48(61)33-39/h3-30,36-40,47-48,52,56H,31-35H2,1-2H3/t39?,40?,47?,48?,52?,56-,61?/m0/s1. The fraction of sp³-hybridized carbons (Fsp3) is 0.246. The van der Waals surface area contributed by atoms with Crippen LogP contribution in [0.1, 0.15) is 74.1 Å². The number of hydrogen-bond donors (Lipinski definition) is 0. The van der Waals surface area contributed by atoms with E-state index in [0.29, 0.717) is 11.8 Å². The highest BCUT2D eigenvalue weighted by molar-refractivity contribution is 5.87. The lowest BCUT2D eigenvalue weighted by Gasteiger charge is -2.61. The summed E-state index contributed by atoms with van der Waals surface area (Å²) >= 11 is 0. The molecule has 302 valence electrons. The molecular formula is C61H53N. The van der Waals surface area contributed by atoms with Crippen molar-refractivity contribution in [1.82, 2.24) is 0 Å². The summed E-state index contributed by atoms with van der Waals surface area (Å²) in [6.45, 7) is 4.85. The van der Waals surface area contributed by atoms with Crippen molar-refractivity contribution in [2.45, 2.75) is 62.7 Å². The first-order valence-corrected chi connectivity index (χ1v) is 23.3. The molecule has 0 heterocycles. The van der Waals surface area contributed by atoms with Gasteiger partial charge in [-0.2, -0.15) is 0 Å². The number of allylic oxidation sites excluding steroid dienone is 4. The van der Waals surface area contributed by atoms with Gasteiger partial charge in [-0.05, 0) is 182 Å². The van der Waals surface area contributed by atoms with Crippen LogP contribution in [0, 0.1) is 29.6 Å². The molecular weight excluding hydrogens is 747 g/mol. The fourth-order valence-corrected chi connectivity index (χ4v) is 14.2. The molecule has 0 amide bonds. The van der Waals surface area contributed by atoms with E-state index in [1.807, 2.05) is 0 Å². The first kappa shape index (κ1) is 36.5. The molecule has 4 bridgehead atoms. The molecule has 2 atom stereocenters. The third kappa shape index (κ3) is 5.33. The molecule has 1 spiro atoms. The lowest BCUT2D eigenvalue weighted by molar-refractivity contribution is -0.0399. The Kier molecular flexibility index (Phi) is 8.04. The van der Waals surface area contributed by atoms with Crippen LogP contribution < -0.4 is 4.90 Å². The monoisotopic (exact) mass is 799 g/mol. The van der Waals surface area contributed by atoms with Crippen molar-refractivity contribution in [3.8, 4) is 44.5 Å². The highest BCUT2D eigenvalue weighted by Gasteiger charge is 2.61. The Bertz CT molecular complexity index is 2920.